The van der Waals surface area contributed by atoms with Crippen LogP contribution < -0.4 is 0 Å². The first-order valence-corrected chi connectivity index (χ1v) is 11.2. The smallest absolute Gasteiger partial charge is 0.328 e. The Morgan fingerprint density at radius 2 is 1.12 bits per heavy atom. The van der Waals surface area contributed by atoms with Gasteiger partial charge in [0.2, 0.25) is 0 Å². The van der Waals surface area contributed by atoms with Crippen molar-refractivity contribution in [2.24, 2.45) is 35.5 Å². The quantitative estimate of drug-likeness (QED) is 0.578. The van der Waals surface area contributed by atoms with E-state index in [1.165, 1.54) is 25.7 Å². The number of rotatable bonds is 6. The van der Waals surface area contributed by atoms with Crippen LogP contribution >= 0.6 is 8.60 Å². The molecule has 0 saturated heterocycles. The Kier molecular flexibility index (Phi) is 8.00. The highest BCUT2D eigenvalue weighted by molar-refractivity contribution is 7.40. The van der Waals surface area contributed by atoms with Crippen molar-refractivity contribution in [1.82, 2.24) is 0 Å². The highest BCUT2D eigenvalue weighted by atomic mass is 31.2. The summed E-state index contributed by atoms with van der Waals surface area (Å²) in [5.41, 5.74) is 0. The van der Waals surface area contributed by atoms with Gasteiger partial charge in [0.1, 0.15) is 0 Å². The fourth-order valence-corrected chi connectivity index (χ4v) is 5.48. The van der Waals surface area contributed by atoms with Crippen LogP contribution in [0.25, 0.3) is 0 Å². The van der Waals surface area contributed by atoms with Gasteiger partial charge in [-0.1, -0.05) is 41.5 Å². The third-order valence-corrected chi connectivity index (χ3v) is 7.56. The second-order valence-electron chi connectivity index (χ2n) is 9.11. The summed E-state index contributed by atoms with van der Waals surface area (Å²) in [7, 11) is -1.76. The van der Waals surface area contributed by atoms with Gasteiger partial charge in [-0.3, -0.25) is 0 Å². The minimum atomic E-state index is -1.76. The molecule has 4 heteroatoms. The largest absolute Gasteiger partial charge is 0.330 e. The highest BCUT2D eigenvalue weighted by Gasteiger charge is 2.35. The molecule has 6 unspecified atom stereocenters. The lowest BCUT2D eigenvalue weighted by atomic mass is 9.76. The Labute approximate surface area is 150 Å². The summed E-state index contributed by atoms with van der Waals surface area (Å²) < 4.78 is 12.1. The van der Waals surface area contributed by atoms with Crippen LogP contribution in [0, 0.1) is 35.5 Å². The van der Waals surface area contributed by atoms with Gasteiger partial charge in [-0.15, -0.1) is 0 Å². The summed E-state index contributed by atoms with van der Waals surface area (Å²) in [5.74, 6) is 3.86. The first-order valence-electron chi connectivity index (χ1n) is 10.1. The van der Waals surface area contributed by atoms with Gasteiger partial charge in [-0.2, -0.15) is 0 Å². The van der Waals surface area contributed by atoms with E-state index in [1.807, 2.05) is 0 Å². The highest BCUT2D eigenvalue weighted by Crippen LogP contribution is 2.47. The molecule has 3 nitrogen and oxygen atoms in total. The predicted octanol–water partition coefficient (Wildman–Crippen LogP) is 6.16. The van der Waals surface area contributed by atoms with E-state index >= 15 is 0 Å². The molecule has 2 fully saturated rings. The second kappa shape index (κ2) is 9.31. The zero-order valence-electron chi connectivity index (χ0n) is 16.6. The first-order chi connectivity index (χ1) is 11.3. The molecule has 2 rings (SSSR count). The monoisotopic (exact) mass is 358 g/mol. The third kappa shape index (κ3) is 5.66. The lowest BCUT2D eigenvalue weighted by molar-refractivity contribution is 0.00811. The van der Waals surface area contributed by atoms with E-state index in [2.05, 4.69) is 41.5 Å². The molecule has 0 amide bonds. The van der Waals surface area contributed by atoms with Crippen molar-refractivity contribution in [1.29, 1.82) is 0 Å². The molecule has 24 heavy (non-hydrogen) atoms. The fraction of sp³-hybridized carbons (Fsp3) is 1.00. The molecule has 0 aliphatic heterocycles. The van der Waals surface area contributed by atoms with E-state index in [4.69, 9.17) is 9.05 Å². The molecular formula is C20H39O3P. The Balaban J connectivity index is 1.85. The number of hydrogen-bond donors (Lipinski definition) is 1. The van der Waals surface area contributed by atoms with Crippen LogP contribution in [-0.2, 0) is 9.05 Å². The molecule has 2 aliphatic rings. The van der Waals surface area contributed by atoms with E-state index in [9.17, 15) is 4.89 Å². The van der Waals surface area contributed by atoms with Crippen LogP contribution in [0.5, 0.6) is 0 Å². The van der Waals surface area contributed by atoms with Crippen LogP contribution in [0.15, 0.2) is 0 Å². The molecule has 0 bridgehead atoms. The standard InChI is InChI=1S/C20H39O3P/c1-13(2)17-9-7-15(5)19(11-17)22-24(21)23-20-12-18(14(3)4)10-8-16(20)6/h13-21H,7-12H2,1-6H3. The van der Waals surface area contributed by atoms with Crippen LogP contribution in [0.4, 0.5) is 0 Å². The van der Waals surface area contributed by atoms with Crippen molar-refractivity contribution in [2.45, 2.75) is 92.3 Å². The molecular weight excluding hydrogens is 319 g/mol. The van der Waals surface area contributed by atoms with Gasteiger partial charge in [0, 0.05) is 0 Å². The van der Waals surface area contributed by atoms with E-state index < -0.39 is 8.60 Å². The van der Waals surface area contributed by atoms with Crippen molar-refractivity contribution in [3.8, 4) is 0 Å². The molecule has 2 aliphatic carbocycles. The Hall–Kier alpha value is 0.310. The lowest BCUT2D eigenvalue weighted by Gasteiger charge is -2.39. The van der Waals surface area contributed by atoms with Crippen molar-refractivity contribution in [3.63, 3.8) is 0 Å². The summed E-state index contributed by atoms with van der Waals surface area (Å²) in [4.78, 5) is 10.5. The minimum absolute atomic E-state index is 0.155. The van der Waals surface area contributed by atoms with Gasteiger partial charge >= 0.3 is 8.60 Å². The zero-order chi connectivity index (χ0) is 17.9. The maximum absolute atomic E-state index is 10.5. The Morgan fingerprint density at radius 1 is 0.750 bits per heavy atom. The molecule has 0 aromatic carbocycles. The van der Waals surface area contributed by atoms with Crippen LogP contribution in [0.1, 0.15) is 80.1 Å². The Morgan fingerprint density at radius 3 is 1.46 bits per heavy atom. The first kappa shape index (κ1) is 20.6. The molecule has 0 heterocycles. The molecule has 0 radical (unpaired) electrons. The lowest BCUT2D eigenvalue weighted by Crippen LogP contribution is -2.33. The van der Waals surface area contributed by atoms with E-state index in [0.29, 0.717) is 35.5 Å². The van der Waals surface area contributed by atoms with Crippen molar-refractivity contribution < 1.29 is 13.9 Å². The van der Waals surface area contributed by atoms with E-state index in [1.54, 1.807) is 0 Å². The average Bonchev–Trinajstić information content (AvgIpc) is 2.51. The van der Waals surface area contributed by atoms with Gasteiger partial charge < -0.3 is 13.9 Å². The van der Waals surface area contributed by atoms with Gasteiger partial charge in [0.25, 0.3) is 0 Å². The van der Waals surface area contributed by atoms with Gasteiger partial charge in [0.05, 0.1) is 12.2 Å². The number of hydrogen-bond acceptors (Lipinski definition) is 3. The Bertz CT molecular complexity index is 340. The van der Waals surface area contributed by atoms with Crippen LogP contribution in [0.2, 0.25) is 0 Å². The molecule has 2 saturated carbocycles. The van der Waals surface area contributed by atoms with Gasteiger partial charge in [0.15, 0.2) is 0 Å². The summed E-state index contributed by atoms with van der Waals surface area (Å²) in [6.07, 6.45) is 7.42. The van der Waals surface area contributed by atoms with Crippen molar-refractivity contribution >= 4 is 8.60 Å². The molecule has 6 atom stereocenters. The summed E-state index contributed by atoms with van der Waals surface area (Å²) >= 11 is 0. The zero-order valence-corrected chi connectivity index (χ0v) is 17.5. The van der Waals surface area contributed by atoms with Crippen LogP contribution in [-0.4, -0.2) is 17.1 Å². The summed E-state index contributed by atoms with van der Waals surface area (Å²) in [6, 6.07) is 0. The average molecular weight is 359 g/mol. The minimum Gasteiger partial charge on any atom is -0.328 e. The van der Waals surface area contributed by atoms with Gasteiger partial charge in [-0.25, -0.2) is 0 Å². The maximum atomic E-state index is 10.5. The van der Waals surface area contributed by atoms with E-state index in [0.717, 1.165) is 12.8 Å². The molecule has 142 valence electrons. The predicted molar refractivity (Wildman–Crippen MR) is 102 cm³/mol. The topological polar surface area (TPSA) is 38.7 Å². The second-order valence-corrected chi connectivity index (χ2v) is 10.0. The van der Waals surface area contributed by atoms with Crippen molar-refractivity contribution in [3.05, 3.63) is 0 Å². The van der Waals surface area contributed by atoms with Crippen molar-refractivity contribution in [2.75, 3.05) is 0 Å². The van der Waals surface area contributed by atoms with Crippen LogP contribution in [0.3, 0.4) is 0 Å². The summed E-state index contributed by atoms with van der Waals surface area (Å²) in [6.45, 7) is 13.7. The SMILES string of the molecule is CC(C)C1CCC(C)C(OP(O)OC2CC(C(C)C)CCC2C)C1. The molecule has 0 aromatic heterocycles. The normalized spacial score (nSPS) is 39.4. The summed E-state index contributed by atoms with van der Waals surface area (Å²) in [5, 5.41) is 0. The van der Waals surface area contributed by atoms with Gasteiger partial charge in [-0.05, 0) is 74.0 Å². The third-order valence-electron chi connectivity index (χ3n) is 6.66. The molecule has 1 N–H and O–H groups in total. The fourth-order valence-electron chi connectivity index (χ4n) is 4.38. The molecule has 0 aromatic rings. The van der Waals surface area contributed by atoms with E-state index in [-0.39, 0.29) is 12.2 Å². The molecule has 0 spiro atoms. The maximum Gasteiger partial charge on any atom is 0.330 e.